The molecule has 0 unspecified atom stereocenters. The third-order valence-corrected chi connectivity index (χ3v) is 5.56. The molecule has 0 radical (unpaired) electrons. The van der Waals surface area contributed by atoms with Crippen LogP contribution >= 0.6 is 0 Å². The van der Waals surface area contributed by atoms with E-state index in [0.29, 0.717) is 0 Å². The van der Waals surface area contributed by atoms with Crippen molar-refractivity contribution in [3.8, 4) is 11.1 Å². The molecule has 2 aromatic heterocycles. The molecule has 0 fully saturated rings. The molecular weight excluding hydrogens is 246 g/mol. The van der Waals surface area contributed by atoms with Gasteiger partial charge < -0.3 is 4.40 Å². The highest BCUT2D eigenvalue weighted by atomic mass is 28.3. The number of hydrogen-bond acceptors (Lipinski definition) is 0. The zero-order valence-corrected chi connectivity index (χ0v) is 12.7. The van der Waals surface area contributed by atoms with Crippen molar-refractivity contribution in [3.05, 3.63) is 60.9 Å². The van der Waals surface area contributed by atoms with Gasteiger partial charge in [-0.05, 0) is 28.4 Å². The van der Waals surface area contributed by atoms with Crippen molar-refractivity contribution in [2.24, 2.45) is 0 Å². The highest BCUT2D eigenvalue weighted by Gasteiger charge is 2.20. The van der Waals surface area contributed by atoms with Crippen molar-refractivity contribution in [1.82, 2.24) is 4.40 Å². The van der Waals surface area contributed by atoms with Gasteiger partial charge in [0.2, 0.25) is 0 Å². The summed E-state index contributed by atoms with van der Waals surface area (Å²) in [5.74, 6) is 0. The Morgan fingerprint density at radius 3 is 2.26 bits per heavy atom. The molecule has 2 heteroatoms. The summed E-state index contributed by atoms with van der Waals surface area (Å²) >= 11 is 0. The van der Waals surface area contributed by atoms with Crippen LogP contribution < -0.4 is 5.19 Å². The predicted octanol–water partition coefficient (Wildman–Crippen LogP) is 4.15. The Kier molecular flexibility index (Phi) is 2.83. The third kappa shape index (κ3) is 2.24. The van der Waals surface area contributed by atoms with E-state index in [4.69, 9.17) is 0 Å². The quantitative estimate of drug-likeness (QED) is 0.613. The van der Waals surface area contributed by atoms with E-state index < -0.39 is 8.07 Å². The van der Waals surface area contributed by atoms with Gasteiger partial charge in [-0.3, -0.25) is 0 Å². The van der Waals surface area contributed by atoms with Gasteiger partial charge in [0.15, 0.2) is 0 Å². The zero-order chi connectivity index (χ0) is 13.5. The summed E-state index contributed by atoms with van der Waals surface area (Å²) in [6.07, 6.45) is 4.37. The SMILES string of the molecule is C[Si](C)(C)c1cc(-c2ccccc2)cn2cccc12. The van der Waals surface area contributed by atoms with Crippen molar-refractivity contribution >= 4 is 18.8 Å². The van der Waals surface area contributed by atoms with Crippen molar-refractivity contribution in [2.75, 3.05) is 0 Å². The van der Waals surface area contributed by atoms with E-state index in [1.54, 1.807) is 0 Å². The van der Waals surface area contributed by atoms with Gasteiger partial charge in [-0.1, -0.05) is 56.0 Å². The van der Waals surface area contributed by atoms with Crippen LogP contribution in [-0.2, 0) is 0 Å². The van der Waals surface area contributed by atoms with Crippen LogP contribution in [0.3, 0.4) is 0 Å². The lowest BCUT2D eigenvalue weighted by Gasteiger charge is -2.20. The van der Waals surface area contributed by atoms with Crippen LogP contribution in [0.4, 0.5) is 0 Å². The van der Waals surface area contributed by atoms with Crippen LogP contribution in [-0.4, -0.2) is 12.5 Å². The van der Waals surface area contributed by atoms with Gasteiger partial charge in [-0.2, -0.15) is 0 Å². The average Bonchev–Trinajstić information content (AvgIpc) is 2.85. The first-order chi connectivity index (χ1) is 9.05. The highest BCUT2D eigenvalue weighted by molar-refractivity contribution is 6.90. The molecule has 96 valence electrons. The first kappa shape index (κ1) is 12.2. The van der Waals surface area contributed by atoms with E-state index >= 15 is 0 Å². The Hall–Kier alpha value is -1.80. The molecule has 1 nitrogen and oxygen atoms in total. The average molecular weight is 265 g/mol. The fraction of sp³-hybridized carbons (Fsp3) is 0.176. The van der Waals surface area contributed by atoms with E-state index in [1.807, 2.05) is 0 Å². The Balaban J connectivity index is 2.28. The first-order valence-electron chi connectivity index (χ1n) is 6.72. The molecule has 0 atom stereocenters. The minimum atomic E-state index is -1.35. The maximum Gasteiger partial charge on any atom is 0.0803 e. The Morgan fingerprint density at radius 1 is 0.842 bits per heavy atom. The lowest BCUT2D eigenvalue weighted by atomic mass is 10.1. The molecule has 3 aromatic rings. The molecular formula is C17H19NSi. The number of aromatic nitrogens is 1. The number of fused-ring (bicyclic) bond motifs is 1. The summed E-state index contributed by atoms with van der Waals surface area (Å²) in [6, 6.07) is 17.4. The molecule has 19 heavy (non-hydrogen) atoms. The third-order valence-electron chi connectivity index (χ3n) is 3.55. The summed E-state index contributed by atoms with van der Waals surface area (Å²) in [7, 11) is -1.35. The molecule has 0 bridgehead atoms. The molecule has 0 saturated heterocycles. The monoisotopic (exact) mass is 265 g/mol. The topological polar surface area (TPSA) is 4.41 Å². The molecule has 0 aliphatic rings. The number of pyridine rings is 1. The van der Waals surface area contributed by atoms with E-state index in [-0.39, 0.29) is 0 Å². The second kappa shape index (κ2) is 4.39. The molecule has 0 aliphatic carbocycles. The maximum atomic E-state index is 2.41. The molecule has 1 aromatic carbocycles. The number of benzene rings is 1. The van der Waals surface area contributed by atoms with Gasteiger partial charge >= 0.3 is 0 Å². The van der Waals surface area contributed by atoms with Gasteiger partial charge in [-0.25, -0.2) is 0 Å². The number of hydrogen-bond donors (Lipinski definition) is 0. The van der Waals surface area contributed by atoms with Crippen molar-refractivity contribution in [2.45, 2.75) is 19.6 Å². The van der Waals surface area contributed by atoms with Crippen LogP contribution in [0.15, 0.2) is 60.9 Å². The molecule has 0 amide bonds. The summed E-state index contributed by atoms with van der Waals surface area (Å²) in [6.45, 7) is 7.22. The second-order valence-corrected chi connectivity index (χ2v) is 11.1. The van der Waals surface area contributed by atoms with E-state index in [1.165, 1.54) is 21.8 Å². The van der Waals surface area contributed by atoms with E-state index in [9.17, 15) is 0 Å². The van der Waals surface area contributed by atoms with Crippen LogP contribution in [0.2, 0.25) is 19.6 Å². The normalized spacial score (nSPS) is 11.9. The lowest BCUT2D eigenvalue weighted by molar-refractivity contribution is 1.21. The highest BCUT2D eigenvalue weighted by Crippen LogP contribution is 2.21. The summed E-state index contributed by atoms with van der Waals surface area (Å²) in [5.41, 5.74) is 3.96. The lowest BCUT2D eigenvalue weighted by Crippen LogP contribution is -2.38. The molecule has 0 saturated carbocycles. The number of rotatable bonds is 2. The fourth-order valence-corrected chi connectivity index (χ4v) is 4.11. The minimum absolute atomic E-state index is 1.29. The standard InChI is InChI=1S/C17H19NSi/c1-19(2,3)17-12-15(14-8-5-4-6-9-14)13-18-11-7-10-16(17)18/h4-13H,1-3H3. The van der Waals surface area contributed by atoms with Gasteiger partial charge in [0.05, 0.1) is 8.07 Å². The molecule has 0 aliphatic heterocycles. The Bertz CT molecular complexity index is 705. The van der Waals surface area contributed by atoms with Gasteiger partial charge in [-0.15, -0.1) is 0 Å². The van der Waals surface area contributed by atoms with Crippen LogP contribution in [0, 0.1) is 0 Å². The van der Waals surface area contributed by atoms with E-state index in [0.717, 1.165) is 0 Å². The first-order valence-corrected chi connectivity index (χ1v) is 10.2. The van der Waals surface area contributed by atoms with Gasteiger partial charge in [0, 0.05) is 17.9 Å². The largest absolute Gasteiger partial charge is 0.323 e. The Labute approximate surface area is 115 Å². The fourth-order valence-electron chi connectivity index (χ4n) is 2.54. The van der Waals surface area contributed by atoms with E-state index in [2.05, 4.69) is 85.0 Å². The molecule has 0 spiro atoms. The predicted molar refractivity (Wildman–Crippen MR) is 85.8 cm³/mol. The van der Waals surface area contributed by atoms with Crippen LogP contribution in [0.25, 0.3) is 16.6 Å². The van der Waals surface area contributed by atoms with Crippen LogP contribution in [0.5, 0.6) is 0 Å². The van der Waals surface area contributed by atoms with Gasteiger partial charge in [0.25, 0.3) is 0 Å². The number of nitrogens with zero attached hydrogens (tertiary/aromatic N) is 1. The molecule has 3 rings (SSSR count). The van der Waals surface area contributed by atoms with Crippen LogP contribution in [0.1, 0.15) is 0 Å². The van der Waals surface area contributed by atoms with Crippen molar-refractivity contribution in [1.29, 1.82) is 0 Å². The zero-order valence-electron chi connectivity index (χ0n) is 11.7. The summed E-state index contributed by atoms with van der Waals surface area (Å²) < 4.78 is 2.26. The van der Waals surface area contributed by atoms with Gasteiger partial charge in [0.1, 0.15) is 0 Å². The second-order valence-electron chi connectivity index (χ2n) is 6.06. The minimum Gasteiger partial charge on any atom is -0.323 e. The van der Waals surface area contributed by atoms with Crippen molar-refractivity contribution in [3.63, 3.8) is 0 Å². The maximum absolute atomic E-state index is 2.41. The molecule has 2 heterocycles. The molecule has 0 N–H and O–H groups in total. The Morgan fingerprint density at radius 2 is 1.58 bits per heavy atom. The van der Waals surface area contributed by atoms with Crippen molar-refractivity contribution < 1.29 is 0 Å². The summed E-state index contributed by atoms with van der Waals surface area (Å²) in [5, 5.41) is 1.53. The summed E-state index contributed by atoms with van der Waals surface area (Å²) in [4.78, 5) is 0. The smallest absolute Gasteiger partial charge is 0.0803 e.